The van der Waals surface area contributed by atoms with Gasteiger partial charge in [-0.05, 0) is 60.2 Å². The summed E-state index contributed by atoms with van der Waals surface area (Å²) in [5.41, 5.74) is 1.18. The van der Waals surface area contributed by atoms with E-state index in [0.717, 1.165) is 16.5 Å². The van der Waals surface area contributed by atoms with E-state index in [1.54, 1.807) is 30.2 Å². The molecule has 0 unspecified atom stereocenters. The van der Waals surface area contributed by atoms with Crippen LogP contribution in [0.25, 0.3) is 0 Å². The highest BCUT2D eigenvalue weighted by Gasteiger charge is 2.22. The molecule has 1 heterocycles. The zero-order chi connectivity index (χ0) is 22.9. The maximum Gasteiger partial charge on any atom is 0.224 e. The average Bonchev–Trinajstić information content (AvgIpc) is 3.26. The van der Waals surface area contributed by atoms with Crippen LogP contribution in [0.3, 0.4) is 0 Å². The largest absolute Gasteiger partial charge is 0.468 e. The molecule has 1 amide bonds. The zero-order valence-corrected chi connectivity index (χ0v) is 18.5. The molecule has 3 aromatic rings. The van der Waals surface area contributed by atoms with Gasteiger partial charge in [-0.3, -0.25) is 4.79 Å². The summed E-state index contributed by atoms with van der Waals surface area (Å²) in [6.07, 6.45) is 2.76. The van der Waals surface area contributed by atoms with Crippen molar-refractivity contribution in [3.8, 4) is 0 Å². The third-order valence-corrected chi connectivity index (χ3v) is 5.69. The molecule has 0 radical (unpaired) electrons. The molecular formula is C24H26F2N2O3S. The highest BCUT2D eigenvalue weighted by atomic mass is 32.2. The van der Waals surface area contributed by atoms with E-state index >= 15 is 0 Å². The van der Waals surface area contributed by atoms with Gasteiger partial charge in [0.2, 0.25) is 5.91 Å². The van der Waals surface area contributed by atoms with Gasteiger partial charge in [0.05, 0.1) is 31.4 Å². The molecule has 8 heteroatoms. The van der Waals surface area contributed by atoms with Crippen molar-refractivity contribution in [1.82, 2.24) is 10.6 Å². The van der Waals surface area contributed by atoms with Gasteiger partial charge < -0.3 is 20.2 Å². The molecular weight excluding hydrogens is 434 g/mol. The fourth-order valence-corrected chi connectivity index (χ4v) is 3.76. The van der Waals surface area contributed by atoms with Crippen LogP contribution in [0.1, 0.15) is 16.9 Å². The molecule has 0 aliphatic heterocycles. The van der Waals surface area contributed by atoms with E-state index in [1.165, 1.54) is 12.1 Å². The lowest BCUT2D eigenvalue weighted by molar-refractivity contribution is -0.122. The first-order valence-electron chi connectivity index (χ1n) is 10.2. The number of hydrogen-bond acceptors (Lipinski definition) is 5. The lowest BCUT2D eigenvalue weighted by Crippen LogP contribution is -2.49. The molecule has 170 valence electrons. The molecule has 0 bridgehead atoms. The summed E-state index contributed by atoms with van der Waals surface area (Å²) < 4.78 is 32.5. The Morgan fingerprint density at radius 1 is 1.09 bits per heavy atom. The van der Waals surface area contributed by atoms with Crippen molar-refractivity contribution < 1.29 is 23.1 Å². The Morgan fingerprint density at radius 2 is 1.81 bits per heavy atom. The molecule has 3 rings (SSSR count). The number of amides is 1. The molecule has 0 saturated carbocycles. The van der Waals surface area contributed by atoms with Crippen molar-refractivity contribution in [2.45, 2.75) is 36.4 Å². The summed E-state index contributed by atoms with van der Waals surface area (Å²) >= 11 is 1.61. The quantitative estimate of drug-likeness (QED) is 0.381. The van der Waals surface area contributed by atoms with E-state index < -0.39 is 23.8 Å². The minimum absolute atomic E-state index is 0.0788. The fraction of sp³-hybridized carbons (Fsp3) is 0.292. The van der Waals surface area contributed by atoms with Gasteiger partial charge >= 0.3 is 0 Å². The second-order valence-corrected chi connectivity index (χ2v) is 8.34. The predicted octanol–water partition coefficient (Wildman–Crippen LogP) is 3.70. The second-order valence-electron chi connectivity index (χ2n) is 7.46. The van der Waals surface area contributed by atoms with Gasteiger partial charge in [0.25, 0.3) is 0 Å². The Labute approximate surface area is 190 Å². The van der Waals surface area contributed by atoms with Crippen molar-refractivity contribution in [1.29, 1.82) is 0 Å². The monoisotopic (exact) mass is 460 g/mol. The third kappa shape index (κ3) is 7.47. The lowest BCUT2D eigenvalue weighted by Gasteiger charge is -2.25. The van der Waals surface area contributed by atoms with Crippen LogP contribution >= 0.6 is 11.8 Å². The highest BCUT2D eigenvalue weighted by molar-refractivity contribution is 7.98. The van der Waals surface area contributed by atoms with E-state index in [4.69, 9.17) is 4.42 Å². The first-order valence-corrected chi connectivity index (χ1v) is 11.4. The van der Waals surface area contributed by atoms with Crippen LogP contribution in [-0.2, 0) is 24.2 Å². The Bertz CT molecular complexity index is 977. The van der Waals surface area contributed by atoms with Crippen LogP contribution in [0.15, 0.2) is 70.2 Å². The first-order chi connectivity index (χ1) is 15.4. The molecule has 2 aromatic carbocycles. The van der Waals surface area contributed by atoms with Crippen LogP contribution in [0.4, 0.5) is 8.78 Å². The third-order valence-electron chi connectivity index (χ3n) is 4.95. The van der Waals surface area contributed by atoms with Gasteiger partial charge in [-0.15, -0.1) is 11.8 Å². The number of rotatable bonds is 11. The predicted molar refractivity (Wildman–Crippen MR) is 120 cm³/mol. The number of halogens is 2. The van der Waals surface area contributed by atoms with Crippen molar-refractivity contribution in [3.63, 3.8) is 0 Å². The molecule has 0 saturated heterocycles. The normalized spacial score (nSPS) is 13.0. The summed E-state index contributed by atoms with van der Waals surface area (Å²) in [6.45, 7) is 0.562. The van der Waals surface area contributed by atoms with Gasteiger partial charge in [0.1, 0.15) is 17.4 Å². The van der Waals surface area contributed by atoms with E-state index in [1.807, 2.05) is 30.5 Å². The van der Waals surface area contributed by atoms with Crippen LogP contribution in [0, 0.1) is 11.6 Å². The summed E-state index contributed by atoms with van der Waals surface area (Å²) in [4.78, 5) is 13.8. The summed E-state index contributed by atoms with van der Waals surface area (Å²) in [7, 11) is 0. The summed E-state index contributed by atoms with van der Waals surface area (Å²) in [5.74, 6) is -0.985. The number of carbonyl (C=O) groups is 1. The SMILES string of the molecule is CSc1ccc(CC(=O)N[C@@H](Cc2cc(F)cc(F)c2)[C@H](O)CNCc2ccco2)cc1. The Balaban J connectivity index is 1.65. The Kier molecular flexibility index (Phi) is 8.84. The van der Waals surface area contributed by atoms with Crippen molar-refractivity contribution in [2.24, 2.45) is 0 Å². The number of thioether (sulfide) groups is 1. The smallest absolute Gasteiger partial charge is 0.224 e. The first kappa shape index (κ1) is 24.0. The van der Waals surface area contributed by atoms with E-state index in [-0.39, 0.29) is 25.3 Å². The Morgan fingerprint density at radius 3 is 2.44 bits per heavy atom. The van der Waals surface area contributed by atoms with Gasteiger partial charge in [-0.25, -0.2) is 8.78 Å². The van der Waals surface area contributed by atoms with Gasteiger partial charge in [-0.2, -0.15) is 0 Å². The minimum Gasteiger partial charge on any atom is -0.468 e. The molecule has 3 N–H and O–H groups in total. The fourth-order valence-electron chi connectivity index (χ4n) is 3.35. The Hall–Kier alpha value is -2.68. The molecule has 0 aliphatic carbocycles. The standard InChI is InChI=1S/C24H26F2N2O3S/c1-32-21-6-4-16(5-7-21)12-24(30)28-22(11-17-9-18(25)13-19(26)10-17)23(29)15-27-14-20-3-2-8-31-20/h2-10,13,22-23,27,29H,11-12,14-15H2,1H3,(H,28,30)/t22-,23+/m0/s1. The van der Waals surface area contributed by atoms with Crippen molar-refractivity contribution in [2.75, 3.05) is 12.8 Å². The molecule has 1 aromatic heterocycles. The van der Waals surface area contributed by atoms with Crippen molar-refractivity contribution >= 4 is 17.7 Å². The van der Waals surface area contributed by atoms with E-state index in [9.17, 15) is 18.7 Å². The van der Waals surface area contributed by atoms with Crippen molar-refractivity contribution in [3.05, 3.63) is 89.4 Å². The summed E-state index contributed by atoms with van der Waals surface area (Å²) in [6, 6.07) is 13.7. The van der Waals surface area contributed by atoms with Crippen LogP contribution < -0.4 is 10.6 Å². The van der Waals surface area contributed by atoms with Crippen LogP contribution in [-0.4, -0.2) is 36.0 Å². The van der Waals surface area contributed by atoms with E-state index in [0.29, 0.717) is 17.9 Å². The molecule has 0 spiro atoms. The number of hydrogen-bond donors (Lipinski definition) is 3. The zero-order valence-electron chi connectivity index (χ0n) is 17.7. The number of furan rings is 1. The topological polar surface area (TPSA) is 74.5 Å². The summed E-state index contributed by atoms with van der Waals surface area (Å²) in [5, 5.41) is 16.6. The lowest BCUT2D eigenvalue weighted by atomic mass is 10.00. The molecule has 32 heavy (non-hydrogen) atoms. The van der Waals surface area contributed by atoms with Gasteiger partial charge in [-0.1, -0.05) is 12.1 Å². The van der Waals surface area contributed by atoms with Crippen LogP contribution in [0.5, 0.6) is 0 Å². The van der Waals surface area contributed by atoms with Gasteiger partial charge in [0, 0.05) is 17.5 Å². The van der Waals surface area contributed by atoms with Gasteiger partial charge in [0.15, 0.2) is 0 Å². The maximum absolute atomic E-state index is 13.6. The minimum atomic E-state index is -0.987. The number of carbonyl (C=O) groups excluding carboxylic acids is 1. The molecule has 0 aliphatic rings. The number of benzene rings is 2. The maximum atomic E-state index is 13.6. The molecule has 5 nitrogen and oxygen atoms in total. The molecule has 2 atom stereocenters. The number of aliphatic hydroxyl groups is 1. The number of aliphatic hydroxyl groups excluding tert-OH is 1. The van der Waals surface area contributed by atoms with Crippen LogP contribution in [0.2, 0.25) is 0 Å². The van der Waals surface area contributed by atoms with E-state index in [2.05, 4.69) is 10.6 Å². The number of nitrogens with one attached hydrogen (secondary N) is 2. The molecule has 0 fully saturated rings. The average molecular weight is 461 g/mol. The second kappa shape index (κ2) is 11.8. The highest BCUT2D eigenvalue weighted by Crippen LogP contribution is 2.16.